The van der Waals surface area contributed by atoms with Crippen molar-refractivity contribution < 1.29 is 27.0 Å². The Kier molecular flexibility index (Phi) is 28.9. The Morgan fingerprint density at radius 1 is 1.07 bits per heavy atom. The summed E-state index contributed by atoms with van der Waals surface area (Å²) in [7, 11) is 0.893. The summed E-state index contributed by atoms with van der Waals surface area (Å²) in [6.45, 7) is 24.2. The highest BCUT2D eigenvalue weighted by molar-refractivity contribution is 7.93. The van der Waals surface area contributed by atoms with Gasteiger partial charge in [-0.05, 0) is 89.8 Å². The quantitative estimate of drug-likeness (QED) is 0.0829. The smallest absolute Gasteiger partial charge is 0.260 e. The van der Waals surface area contributed by atoms with Crippen molar-refractivity contribution in [2.75, 3.05) is 41.0 Å². The van der Waals surface area contributed by atoms with E-state index in [4.69, 9.17) is 14.2 Å². The van der Waals surface area contributed by atoms with Gasteiger partial charge in [0.1, 0.15) is 24.0 Å². The second-order valence-electron chi connectivity index (χ2n) is 9.36. The molecule has 0 aliphatic carbocycles. The van der Waals surface area contributed by atoms with Crippen molar-refractivity contribution >= 4 is 10.0 Å². The SMILES string of the molecule is C#CC.C/C=C\C(OC)=C(/C)N(C1CCNC1)S(=O)(=O)/C(=C/C=C(\COC)OC)CC.C=C.C=C/C=C(F)\C(CC)=C(/C)CC. The van der Waals surface area contributed by atoms with Crippen molar-refractivity contribution in [3.05, 3.63) is 95.3 Å². The first-order valence-electron chi connectivity index (χ1n) is 15.1. The van der Waals surface area contributed by atoms with Crippen LogP contribution >= 0.6 is 0 Å². The fraction of sp³-hybridized carbons (Fsp3) is 0.500. The molecular weight excluding hydrogens is 591 g/mol. The first-order valence-corrected chi connectivity index (χ1v) is 16.5. The zero-order valence-electron chi connectivity index (χ0n) is 29.5. The zero-order chi connectivity index (χ0) is 35.4. The summed E-state index contributed by atoms with van der Waals surface area (Å²) < 4.78 is 57.7. The molecule has 0 aromatic heterocycles. The lowest BCUT2D eigenvalue weighted by atomic mass is 10.0. The summed E-state index contributed by atoms with van der Waals surface area (Å²) in [5, 5.41) is 3.25. The van der Waals surface area contributed by atoms with E-state index in [9.17, 15) is 12.8 Å². The molecule has 0 aromatic carbocycles. The number of ether oxygens (including phenoxy) is 3. The molecule has 0 radical (unpaired) electrons. The molecule has 1 heterocycles. The van der Waals surface area contributed by atoms with E-state index in [1.165, 1.54) is 23.6 Å². The molecule has 1 fully saturated rings. The van der Waals surface area contributed by atoms with Crippen LogP contribution in [0.25, 0.3) is 0 Å². The average molecular weight is 651 g/mol. The Morgan fingerprint density at radius 3 is 2.04 bits per heavy atom. The van der Waals surface area contributed by atoms with Crippen molar-refractivity contribution in [3.8, 4) is 12.3 Å². The van der Waals surface area contributed by atoms with E-state index in [1.807, 2.05) is 40.7 Å². The van der Waals surface area contributed by atoms with E-state index in [0.29, 0.717) is 35.1 Å². The highest BCUT2D eigenvalue weighted by atomic mass is 32.2. The van der Waals surface area contributed by atoms with E-state index < -0.39 is 10.0 Å². The number of methoxy groups -OCH3 is 3. The van der Waals surface area contributed by atoms with Gasteiger partial charge < -0.3 is 19.5 Å². The van der Waals surface area contributed by atoms with Crippen LogP contribution in [0, 0.1) is 12.3 Å². The van der Waals surface area contributed by atoms with E-state index >= 15 is 0 Å². The first-order chi connectivity index (χ1) is 21.4. The molecule has 1 N–H and O–H groups in total. The number of allylic oxidation sites excluding steroid dienone is 11. The molecule has 256 valence electrons. The van der Waals surface area contributed by atoms with E-state index in [-0.39, 0.29) is 18.5 Å². The van der Waals surface area contributed by atoms with Crippen LogP contribution in [-0.2, 0) is 24.2 Å². The molecule has 1 aliphatic rings. The minimum atomic E-state index is -3.75. The Hall–Kier alpha value is -3.32. The van der Waals surface area contributed by atoms with Gasteiger partial charge >= 0.3 is 0 Å². The maximum atomic E-state index is 13.6. The minimum Gasteiger partial charge on any atom is -0.499 e. The fourth-order valence-electron chi connectivity index (χ4n) is 4.19. The third-order valence-electron chi connectivity index (χ3n) is 6.49. The van der Waals surface area contributed by atoms with Crippen molar-refractivity contribution in [1.82, 2.24) is 9.62 Å². The summed E-state index contributed by atoms with van der Waals surface area (Å²) in [6.07, 6.45) is 17.1. The maximum absolute atomic E-state index is 13.6. The Balaban J connectivity index is -0.000000862. The van der Waals surface area contributed by atoms with Crippen LogP contribution in [0.1, 0.15) is 74.1 Å². The van der Waals surface area contributed by atoms with Gasteiger partial charge in [0, 0.05) is 13.7 Å². The zero-order valence-corrected chi connectivity index (χ0v) is 30.3. The number of sulfonamides is 1. The lowest BCUT2D eigenvalue weighted by molar-refractivity contribution is 0.159. The second kappa shape index (κ2) is 28.2. The molecule has 7 nitrogen and oxygen atoms in total. The number of rotatable bonds is 15. The van der Waals surface area contributed by atoms with Gasteiger partial charge in [0.25, 0.3) is 10.0 Å². The summed E-state index contributed by atoms with van der Waals surface area (Å²) in [4.78, 5) is 0.306. The lowest BCUT2D eigenvalue weighted by Gasteiger charge is -2.32. The van der Waals surface area contributed by atoms with Crippen molar-refractivity contribution in [2.45, 2.75) is 80.2 Å². The number of terminal acetylenes is 1. The Bertz CT molecular complexity index is 1180. The highest BCUT2D eigenvalue weighted by Gasteiger charge is 2.35. The number of halogens is 1. The Labute approximate surface area is 275 Å². The first kappa shape index (κ1) is 46.1. The standard InChI is InChI=1S/C20H34N2O5S.C11H17F.C3H4.C2H4/c1-7-9-20(27-6)16(3)22(17-12-13-21-14-17)28(23,24)19(8-2)11-10-18(26-5)15-25-4;1-5-8-11(12)10(7-3)9(4)6-2;1-3-2;1-2/h7,9-11,17,21H,8,12-15H2,1-6H3;5,8H,1,6-7H2,2-4H3;1H,2H3;1-2H2/b9-7-,18-10+,19-11+,20-16-;10-9+,11-8+;;. The molecule has 0 bridgehead atoms. The minimum absolute atomic E-state index is 0.146. The molecule has 9 heteroatoms. The van der Waals surface area contributed by atoms with Crippen LogP contribution in [0.5, 0.6) is 0 Å². The van der Waals surface area contributed by atoms with Gasteiger partial charge in [0.05, 0.1) is 30.9 Å². The van der Waals surface area contributed by atoms with Crippen LogP contribution in [0.3, 0.4) is 0 Å². The molecule has 0 amide bonds. The number of hydrogen-bond donors (Lipinski definition) is 1. The average Bonchev–Trinajstić information content (AvgIpc) is 3.55. The third-order valence-corrected chi connectivity index (χ3v) is 8.66. The predicted molar refractivity (Wildman–Crippen MR) is 190 cm³/mol. The maximum Gasteiger partial charge on any atom is 0.260 e. The van der Waals surface area contributed by atoms with Crippen LogP contribution in [0.2, 0.25) is 0 Å². The van der Waals surface area contributed by atoms with Crippen molar-refractivity contribution in [1.29, 1.82) is 0 Å². The summed E-state index contributed by atoms with van der Waals surface area (Å²) in [5.74, 6) is 3.18. The van der Waals surface area contributed by atoms with Gasteiger partial charge in [-0.3, -0.25) is 4.31 Å². The van der Waals surface area contributed by atoms with Crippen molar-refractivity contribution in [2.24, 2.45) is 0 Å². The van der Waals surface area contributed by atoms with Gasteiger partial charge in [-0.15, -0.1) is 25.5 Å². The van der Waals surface area contributed by atoms with Gasteiger partial charge in [-0.25, -0.2) is 12.8 Å². The molecule has 1 aliphatic heterocycles. The Morgan fingerprint density at radius 2 is 1.67 bits per heavy atom. The third kappa shape index (κ3) is 17.1. The lowest BCUT2D eigenvalue weighted by Crippen LogP contribution is -2.41. The van der Waals surface area contributed by atoms with E-state index in [0.717, 1.165) is 37.0 Å². The molecule has 0 saturated carbocycles. The topological polar surface area (TPSA) is 77.1 Å². The fourth-order valence-corrected chi connectivity index (χ4v) is 6.07. The summed E-state index contributed by atoms with van der Waals surface area (Å²) in [5.41, 5.74) is 2.51. The van der Waals surface area contributed by atoms with Gasteiger partial charge in [0.15, 0.2) is 0 Å². The molecule has 0 spiro atoms. The van der Waals surface area contributed by atoms with E-state index in [1.54, 1.807) is 46.3 Å². The van der Waals surface area contributed by atoms with E-state index in [2.05, 4.69) is 37.4 Å². The molecule has 0 aromatic rings. The molecule has 1 saturated heterocycles. The van der Waals surface area contributed by atoms with Gasteiger partial charge in [0.2, 0.25) is 0 Å². The number of nitrogens with one attached hydrogen (secondary N) is 1. The molecular formula is C36H59FN2O5S. The van der Waals surface area contributed by atoms with Crippen LogP contribution < -0.4 is 5.32 Å². The molecule has 1 unspecified atom stereocenters. The molecule has 1 atom stereocenters. The largest absolute Gasteiger partial charge is 0.499 e. The summed E-state index contributed by atoms with van der Waals surface area (Å²) in [6, 6.07) is -0.166. The normalized spacial score (nSPS) is 16.3. The monoisotopic (exact) mass is 650 g/mol. The second-order valence-corrected chi connectivity index (χ2v) is 11.2. The number of nitrogens with zero attached hydrogens (tertiary/aromatic N) is 1. The van der Waals surface area contributed by atoms with Gasteiger partial charge in [-0.2, -0.15) is 0 Å². The van der Waals surface area contributed by atoms with Gasteiger partial charge in [-0.1, -0.05) is 45.1 Å². The highest BCUT2D eigenvalue weighted by Crippen LogP contribution is 2.29. The summed E-state index contributed by atoms with van der Waals surface area (Å²) >= 11 is 0. The molecule has 45 heavy (non-hydrogen) atoms. The molecule has 1 rings (SSSR count). The van der Waals surface area contributed by atoms with Crippen LogP contribution in [0.4, 0.5) is 4.39 Å². The van der Waals surface area contributed by atoms with Crippen molar-refractivity contribution in [3.63, 3.8) is 0 Å². The van der Waals surface area contributed by atoms with Crippen LogP contribution in [-0.4, -0.2) is 59.8 Å². The van der Waals surface area contributed by atoms with Crippen LogP contribution in [0.15, 0.2) is 95.3 Å². The number of hydrogen-bond acceptors (Lipinski definition) is 6. The predicted octanol–water partition coefficient (Wildman–Crippen LogP) is 8.51.